The van der Waals surface area contributed by atoms with E-state index in [9.17, 15) is 30.3 Å². The number of methoxy groups -OCH3 is 1. The Morgan fingerprint density at radius 3 is 2.65 bits per heavy atom. The number of ether oxygens (including phenoxy) is 3. The van der Waals surface area contributed by atoms with E-state index in [0.29, 0.717) is 59.7 Å². The predicted molar refractivity (Wildman–Crippen MR) is 254 cm³/mol. The second kappa shape index (κ2) is 21.6. The third kappa shape index (κ3) is 11.3. The molecule has 4 aromatic carbocycles. The fraction of sp³-hybridized carbons (Fsp3) is 0.396. The Labute approximate surface area is 381 Å². The number of fused-ring (bicyclic) bond motifs is 9. The number of carbonyl (C=O) groups excluding carboxylic acids is 1. The summed E-state index contributed by atoms with van der Waals surface area (Å²) >= 11 is 0. The largest absolute Gasteiger partial charge is 0.508 e. The quantitative estimate of drug-likeness (QED) is 0.0223. The normalized spacial score (nSPS) is 19.9. The van der Waals surface area contributed by atoms with E-state index < -0.39 is 12.4 Å². The van der Waals surface area contributed by atoms with Crippen LogP contribution in [0.2, 0.25) is 0 Å². The Morgan fingerprint density at radius 2 is 1.86 bits per heavy atom. The number of benzene rings is 4. The topological polar surface area (TPSA) is 196 Å². The van der Waals surface area contributed by atoms with E-state index in [1.807, 2.05) is 49.4 Å². The molecule has 342 valence electrons. The minimum atomic E-state index is -1.83. The van der Waals surface area contributed by atoms with Crippen molar-refractivity contribution in [3.05, 3.63) is 123 Å². The number of carbonyl (C=O) groups is 1. The van der Waals surface area contributed by atoms with Crippen LogP contribution in [0.1, 0.15) is 109 Å². The molecule has 0 saturated heterocycles. The molecule has 4 atom stereocenters. The zero-order chi connectivity index (χ0) is 46.0. The fourth-order valence-corrected chi connectivity index (χ4v) is 9.37. The summed E-state index contributed by atoms with van der Waals surface area (Å²) in [5.41, 5.74) is 12.6. The van der Waals surface area contributed by atoms with Crippen molar-refractivity contribution in [1.29, 1.82) is 0 Å². The minimum Gasteiger partial charge on any atom is -0.508 e. The van der Waals surface area contributed by atoms with E-state index in [2.05, 4.69) is 40.5 Å². The maximum atomic E-state index is 13.8. The van der Waals surface area contributed by atoms with Crippen molar-refractivity contribution in [3.8, 4) is 29.3 Å². The molecule has 65 heavy (non-hydrogen) atoms. The lowest BCUT2D eigenvalue weighted by Gasteiger charge is -2.30. The number of nitrogens with zero attached hydrogens (tertiary/aromatic N) is 1. The molecular weight excluding hydrogens is 823 g/mol. The first-order valence-corrected chi connectivity index (χ1v) is 22.6. The van der Waals surface area contributed by atoms with Gasteiger partial charge >= 0.3 is 0 Å². The van der Waals surface area contributed by atoms with Gasteiger partial charge in [0.05, 0.1) is 7.11 Å². The van der Waals surface area contributed by atoms with Gasteiger partial charge in [-0.3, -0.25) is 9.79 Å². The summed E-state index contributed by atoms with van der Waals surface area (Å²) in [7, 11) is 3.19. The molecule has 2 aliphatic heterocycles. The zero-order valence-electron chi connectivity index (χ0n) is 37.5. The first kappa shape index (κ1) is 46.7. The number of rotatable bonds is 13. The van der Waals surface area contributed by atoms with Crippen molar-refractivity contribution in [3.63, 3.8) is 0 Å². The van der Waals surface area contributed by atoms with Crippen molar-refractivity contribution < 1.29 is 44.5 Å². The van der Waals surface area contributed by atoms with Crippen LogP contribution in [0.4, 0.5) is 5.69 Å². The van der Waals surface area contributed by atoms with Crippen LogP contribution >= 0.6 is 0 Å². The monoisotopic (exact) mass is 883 g/mol. The molecule has 0 unspecified atom stereocenters. The average Bonchev–Trinajstić information content (AvgIpc) is 3.29. The number of nitrogens with one attached hydrogen (secondary N) is 1. The number of aliphatic hydroxyl groups excluding tert-OH is 3. The lowest BCUT2D eigenvalue weighted by atomic mass is 9.77. The number of Topliss-reactive ketones (excluding diaryl/α,β-unsaturated/α-hetero) is 1. The van der Waals surface area contributed by atoms with Gasteiger partial charge in [-0.15, -0.1) is 0 Å². The number of aliphatic hydroxyl groups is 4. The van der Waals surface area contributed by atoms with E-state index in [0.717, 1.165) is 59.0 Å². The van der Waals surface area contributed by atoms with E-state index in [1.54, 1.807) is 32.4 Å². The van der Waals surface area contributed by atoms with Crippen LogP contribution in [-0.2, 0) is 35.4 Å². The molecule has 4 aliphatic rings. The maximum Gasteiger partial charge on any atom is 0.192 e. The number of allylic oxidation sites excluding steroid dienone is 4. The average molecular weight is 884 g/mol. The number of hydrogen-bond donors (Lipinski definition) is 7. The number of aryl methyl sites for hydroxylation is 2. The number of aliphatic imine (C=N–C) groups is 1. The number of unbranched alkanes of at least 4 members (excludes halogenated alkanes) is 1. The van der Waals surface area contributed by atoms with Crippen LogP contribution in [-0.4, -0.2) is 64.1 Å². The molecular formula is C53H61N3O9. The van der Waals surface area contributed by atoms with Crippen molar-refractivity contribution in [2.75, 3.05) is 26.1 Å². The van der Waals surface area contributed by atoms with E-state index in [4.69, 9.17) is 19.9 Å². The van der Waals surface area contributed by atoms with Gasteiger partial charge in [0.25, 0.3) is 0 Å². The molecule has 0 saturated carbocycles. The van der Waals surface area contributed by atoms with Crippen molar-refractivity contribution in [1.82, 2.24) is 0 Å². The summed E-state index contributed by atoms with van der Waals surface area (Å²) in [5.74, 6) is 4.48. The lowest BCUT2D eigenvalue weighted by Crippen LogP contribution is -2.25. The standard InChI is InChI=1S/C53H61N3O9/c1-32-15-19-42-46-31-65-50-24-34(17-20-49(50)63-3)16-18-39(58)28-40(64-22-8-14-41-44(29-45(46)52(61)62)51(42)43(32)30-48(41)60)26-37-27-47(59)36(12-7-21-57)25-35(37)11-5-4-9-33-10-6-13-38(23-33)56-53(54)55-2/h6,10,13,15,17,19-20,23-25,27,29-30,32,35,37,40,52,57,59-62H,4-5,7,9,11-12,14,16,18,21,26,28,31H2,1-3H3,(H3,54,55,56)/t32-,35-,37-,40+/m1/s1. The highest BCUT2D eigenvalue weighted by atomic mass is 16.5. The second-order valence-corrected chi connectivity index (χ2v) is 17.3. The Morgan fingerprint density at radius 1 is 1.02 bits per heavy atom. The van der Waals surface area contributed by atoms with Gasteiger partial charge in [-0.25, -0.2) is 0 Å². The molecule has 8 rings (SSSR count). The lowest BCUT2D eigenvalue weighted by molar-refractivity contribution is -0.121. The van der Waals surface area contributed by atoms with Crippen LogP contribution in [0.5, 0.6) is 17.2 Å². The molecule has 4 aromatic rings. The number of aromatic hydroxyl groups is 1. The van der Waals surface area contributed by atoms with Crippen LogP contribution in [0.15, 0.2) is 89.2 Å². The smallest absolute Gasteiger partial charge is 0.192 e. The van der Waals surface area contributed by atoms with Crippen LogP contribution in [0, 0.1) is 23.9 Å². The van der Waals surface area contributed by atoms with Crippen LogP contribution in [0.3, 0.4) is 0 Å². The van der Waals surface area contributed by atoms with Gasteiger partial charge in [-0.2, -0.15) is 0 Å². The highest BCUT2D eigenvalue weighted by molar-refractivity contribution is 6.01. The second-order valence-electron chi connectivity index (χ2n) is 17.3. The number of anilines is 1. The summed E-state index contributed by atoms with van der Waals surface area (Å²) in [6.45, 7) is 2.06. The molecule has 0 fully saturated rings. The van der Waals surface area contributed by atoms with E-state index in [-0.39, 0.29) is 73.1 Å². The summed E-state index contributed by atoms with van der Waals surface area (Å²) in [4.78, 5) is 17.8. The molecule has 2 heterocycles. The number of nitrogens with two attached hydrogens (primary N) is 1. The van der Waals surface area contributed by atoms with Crippen molar-refractivity contribution in [2.45, 2.75) is 102 Å². The molecule has 2 aliphatic carbocycles. The Hall–Kier alpha value is -6.26. The van der Waals surface area contributed by atoms with Gasteiger partial charge < -0.3 is 50.8 Å². The fourth-order valence-electron chi connectivity index (χ4n) is 9.37. The first-order chi connectivity index (χ1) is 31.5. The molecule has 0 aromatic heterocycles. The van der Waals surface area contributed by atoms with Crippen LogP contribution < -0.4 is 20.5 Å². The zero-order valence-corrected chi connectivity index (χ0v) is 37.5. The van der Waals surface area contributed by atoms with E-state index >= 15 is 0 Å². The Bertz CT molecular complexity index is 2560. The highest BCUT2D eigenvalue weighted by Crippen LogP contribution is 2.44. The van der Waals surface area contributed by atoms with Gasteiger partial charge in [0.1, 0.15) is 36.1 Å². The van der Waals surface area contributed by atoms with Gasteiger partial charge in [-0.05, 0) is 138 Å². The summed E-state index contributed by atoms with van der Waals surface area (Å²) in [5, 5.41) is 58.4. The summed E-state index contributed by atoms with van der Waals surface area (Å²) in [6.07, 6.45) is 14.4. The van der Waals surface area contributed by atoms with Gasteiger partial charge in [0, 0.05) is 61.2 Å². The minimum absolute atomic E-state index is 0.00167. The number of guanidine groups is 1. The number of phenolic OH excluding ortho intramolecular Hbond substituents is 1. The molecule has 12 nitrogen and oxygen atoms in total. The molecule has 12 heteroatoms. The van der Waals surface area contributed by atoms with E-state index in [1.165, 1.54) is 5.56 Å². The molecule has 0 spiro atoms. The van der Waals surface area contributed by atoms with Crippen molar-refractivity contribution in [2.24, 2.45) is 22.6 Å². The Balaban J connectivity index is 1.19. The number of ketones is 1. The third-order valence-corrected chi connectivity index (χ3v) is 12.9. The van der Waals surface area contributed by atoms with Crippen molar-refractivity contribution >= 4 is 34.3 Å². The number of hydrogen-bond acceptors (Lipinski definition) is 10. The SMILES string of the molecule is CN=C(N)Nc1cccc(CCCC[C@@H]2C=C(CCCO)C(O)=C[C@H]2C[C@H]2CC(=O)CCc3ccc(OC)c(c3)OCc3c(C(O)O)cc4c(c(O)cc5c4c3C=C[C@H]5C)CC#CO2)c1. The first-order valence-electron chi connectivity index (χ1n) is 22.6. The summed E-state index contributed by atoms with van der Waals surface area (Å²) < 4.78 is 18.4. The molecule has 0 amide bonds. The predicted octanol–water partition coefficient (Wildman–Crippen LogP) is 8.59. The van der Waals surface area contributed by atoms with Gasteiger partial charge in [0.2, 0.25) is 0 Å². The molecule has 0 radical (unpaired) electrons. The molecule has 6 bridgehead atoms. The van der Waals surface area contributed by atoms with Gasteiger partial charge in [0.15, 0.2) is 23.7 Å². The molecule has 8 N–H and O–H groups in total. The summed E-state index contributed by atoms with van der Waals surface area (Å²) in [6, 6.07) is 17.1. The maximum absolute atomic E-state index is 13.8. The van der Waals surface area contributed by atoms with Crippen LogP contribution in [0.25, 0.3) is 16.8 Å². The highest BCUT2D eigenvalue weighted by Gasteiger charge is 2.30. The third-order valence-electron chi connectivity index (χ3n) is 12.9. The van der Waals surface area contributed by atoms with Gasteiger partial charge in [-0.1, -0.05) is 55.7 Å². The Kier molecular flexibility index (Phi) is 15.5. The number of phenols is 1.